The van der Waals surface area contributed by atoms with E-state index in [9.17, 15) is 4.79 Å². The number of hydrogen-bond acceptors (Lipinski definition) is 6. The Morgan fingerprint density at radius 2 is 2.00 bits per heavy atom. The molecule has 0 saturated heterocycles. The van der Waals surface area contributed by atoms with E-state index in [2.05, 4.69) is 25.9 Å². The third-order valence-corrected chi connectivity index (χ3v) is 5.57. The van der Waals surface area contributed by atoms with Crippen LogP contribution in [0, 0.1) is 0 Å². The van der Waals surface area contributed by atoms with Gasteiger partial charge in [-0.1, -0.05) is 54.9 Å². The van der Waals surface area contributed by atoms with E-state index in [0.717, 1.165) is 24.2 Å². The van der Waals surface area contributed by atoms with Crippen molar-refractivity contribution < 1.29 is 4.79 Å². The number of amides is 1. The molecule has 0 aliphatic heterocycles. The van der Waals surface area contributed by atoms with Crippen LogP contribution in [0.3, 0.4) is 0 Å². The molecule has 0 atom stereocenters. The summed E-state index contributed by atoms with van der Waals surface area (Å²) < 4.78 is 3.64. The average molecular weight is 383 g/mol. The number of nitrogens with one attached hydrogen (secondary N) is 1. The summed E-state index contributed by atoms with van der Waals surface area (Å²) in [5.41, 5.74) is 1.11. The monoisotopic (exact) mass is 383 g/mol. The molecule has 1 aliphatic rings. The second-order valence-electron chi connectivity index (χ2n) is 6.54. The fraction of sp³-hybridized carbons (Fsp3) is 0.389. The Balaban J connectivity index is 1.34. The summed E-state index contributed by atoms with van der Waals surface area (Å²) in [5.74, 6) is 0.913. The zero-order valence-electron chi connectivity index (χ0n) is 14.9. The lowest BCUT2D eigenvalue weighted by molar-refractivity contribution is -0.113. The van der Waals surface area contributed by atoms with Gasteiger partial charge in [-0.3, -0.25) is 4.79 Å². The molecule has 2 heterocycles. The van der Waals surface area contributed by atoms with Gasteiger partial charge in [-0.2, -0.15) is 5.10 Å². The highest BCUT2D eigenvalue weighted by Gasteiger charge is 2.20. The van der Waals surface area contributed by atoms with Gasteiger partial charge >= 0.3 is 0 Å². The van der Waals surface area contributed by atoms with Gasteiger partial charge < -0.3 is 5.32 Å². The van der Waals surface area contributed by atoms with Gasteiger partial charge in [-0.25, -0.2) is 9.36 Å². The second-order valence-corrected chi connectivity index (χ2v) is 7.48. The number of hydrogen-bond donors (Lipinski definition) is 1. The first-order valence-electron chi connectivity index (χ1n) is 9.06. The van der Waals surface area contributed by atoms with Crippen LogP contribution in [0.4, 0.5) is 5.82 Å². The standard InChI is InChI=1S/C18H21N7OS/c26-17(20-16-10-11-19-25(16)15-8-4-5-9-15)13-27-18-21-22-23-24(18)12-14-6-2-1-3-7-14/h1-3,6-7,10-11,15H,4-5,8-9,12-13H2,(H,20,26). The molecule has 0 bridgehead atoms. The van der Waals surface area contributed by atoms with E-state index in [1.54, 1.807) is 10.9 Å². The molecule has 0 unspecified atom stereocenters. The van der Waals surface area contributed by atoms with E-state index in [1.807, 2.05) is 41.1 Å². The van der Waals surface area contributed by atoms with Crippen LogP contribution in [-0.4, -0.2) is 41.6 Å². The molecular weight excluding hydrogens is 362 g/mol. The maximum Gasteiger partial charge on any atom is 0.235 e. The molecule has 1 saturated carbocycles. The van der Waals surface area contributed by atoms with Gasteiger partial charge in [0.25, 0.3) is 0 Å². The van der Waals surface area contributed by atoms with Crippen molar-refractivity contribution in [3.63, 3.8) is 0 Å². The molecule has 1 amide bonds. The first-order chi connectivity index (χ1) is 13.3. The van der Waals surface area contributed by atoms with Gasteiger partial charge in [0.1, 0.15) is 5.82 Å². The third-order valence-electron chi connectivity index (χ3n) is 4.61. The molecule has 8 nitrogen and oxygen atoms in total. The second kappa shape index (κ2) is 8.34. The van der Waals surface area contributed by atoms with E-state index in [-0.39, 0.29) is 11.7 Å². The number of carbonyl (C=O) groups is 1. The van der Waals surface area contributed by atoms with E-state index < -0.39 is 0 Å². The first kappa shape index (κ1) is 17.7. The highest BCUT2D eigenvalue weighted by molar-refractivity contribution is 7.99. The minimum atomic E-state index is -0.0889. The van der Waals surface area contributed by atoms with Crippen LogP contribution in [0.15, 0.2) is 47.8 Å². The van der Waals surface area contributed by atoms with Gasteiger partial charge in [0.05, 0.1) is 24.5 Å². The number of aromatic nitrogens is 6. The smallest absolute Gasteiger partial charge is 0.235 e. The van der Waals surface area contributed by atoms with Crippen molar-refractivity contribution in [2.45, 2.75) is 43.4 Å². The molecule has 9 heteroatoms. The number of thioether (sulfide) groups is 1. The van der Waals surface area contributed by atoms with E-state index >= 15 is 0 Å². The lowest BCUT2D eigenvalue weighted by Crippen LogP contribution is -2.19. The predicted molar refractivity (Wildman–Crippen MR) is 102 cm³/mol. The van der Waals surface area contributed by atoms with Gasteiger partial charge in [-0.15, -0.1) is 5.10 Å². The topological polar surface area (TPSA) is 90.5 Å². The fourth-order valence-corrected chi connectivity index (χ4v) is 3.99. The van der Waals surface area contributed by atoms with Crippen molar-refractivity contribution in [1.29, 1.82) is 0 Å². The van der Waals surface area contributed by atoms with Crippen LogP contribution in [0.25, 0.3) is 0 Å². The molecule has 1 aromatic carbocycles. The summed E-state index contributed by atoms with van der Waals surface area (Å²) in [6.07, 6.45) is 6.41. The zero-order valence-corrected chi connectivity index (χ0v) is 15.7. The molecule has 1 N–H and O–H groups in total. The van der Waals surface area contributed by atoms with E-state index in [4.69, 9.17) is 0 Å². The van der Waals surface area contributed by atoms with Crippen LogP contribution in [0.2, 0.25) is 0 Å². The number of anilines is 1. The Kier molecular flexibility index (Phi) is 5.47. The third kappa shape index (κ3) is 4.36. The Hall–Kier alpha value is -2.68. The average Bonchev–Trinajstić information content (AvgIpc) is 3.43. The van der Waals surface area contributed by atoms with Gasteiger partial charge in [0.15, 0.2) is 0 Å². The highest BCUT2D eigenvalue weighted by Crippen LogP contribution is 2.31. The largest absolute Gasteiger partial charge is 0.310 e. The minimum Gasteiger partial charge on any atom is -0.310 e. The van der Waals surface area contributed by atoms with Crippen molar-refractivity contribution in [3.05, 3.63) is 48.2 Å². The first-order valence-corrected chi connectivity index (χ1v) is 10.0. The molecule has 27 heavy (non-hydrogen) atoms. The van der Waals surface area contributed by atoms with Crippen LogP contribution < -0.4 is 5.32 Å². The maximum atomic E-state index is 12.4. The normalized spacial score (nSPS) is 14.5. The molecule has 4 rings (SSSR count). The molecular formula is C18H21N7OS. The minimum absolute atomic E-state index is 0.0889. The molecule has 0 radical (unpaired) electrons. The Bertz CT molecular complexity index is 886. The summed E-state index contributed by atoms with van der Waals surface area (Å²) in [7, 11) is 0. The Morgan fingerprint density at radius 3 is 2.81 bits per heavy atom. The van der Waals surface area contributed by atoms with Crippen molar-refractivity contribution in [1.82, 2.24) is 30.0 Å². The van der Waals surface area contributed by atoms with Crippen LogP contribution in [-0.2, 0) is 11.3 Å². The Labute approximate surface area is 161 Å². The molecule has 3 aromatic rings. The number of tetrazole rings is 1. The fourth-order valence-electron chi connectivity index (χ4n) is 3.32. The van der Waals surface area contributed by atoms with E-state index in [0.29, 0.717) is 17.7 Å². The molecule has 0 spiro atoms. The highest BCUT2D eigenvalue weighted by atomic mass is 32.2. The predicted octanol–water partition coefficient (Wildman–Crippen LogP) is 2.76. The summed E-state index contributed by atoms with van der Waals surface area (Å²) in [6, 6.07) is 12.2. The number of rotatable bonds is 7. The zero-order chi connectivity index (χ0) is 18.5. The van der Waals surface area contributed by atoms with Gasteiger partial charge in [0.2, 0.25) is 11.1 Å². The Morgan fingerprint density at radius 1 is 1.19 bits per heavy atom. The maximum absolute atomic E-state index is 12.4. The number of carbonyl (C=O) groups excluding carboxylic acids is 1. The molecule has 2 aromatic heterocycles. The molecule has 140 valence electrons. The van der Waals surface area contributed by atoms with Crippen molar-refractivity contribution in [2.75, 3.05) is 11.1 Å². The summed E-state index contributed by atoms with van der Waals surface area (Å²) >= 11 is 1.33. The van der Waals surface area contributed by atoms with Gasteiger partial charge in [0, 0.05) is 6.07 Å². The van der Waals surface area contributed by atoms with Crippen LogP contribution >= 0.6 is 11.8 Å². The lowest BCUT2D eigenvalue weighted by atomic mass is 10.2. The van der Waals surface area contributed by atoms with Crippen molar-refractivity contribution >= 4 is 23.5 Å². The van der Waals surface area contributed by atoms with Crippen molar-refractivity contribution in [2.24, 2.45) is 0 Å². The van der Waals surface area contributed by atoms with Crippen LogP contribution in [0.5, 0.6) is 0 Å². The summed E-state index contributed by atoms with van der Waals surface area (Å²) in [4.78, 5) is 12.4. The van der Waals surface area contributed by atoms with E-state index in [1.165, 1.54) is 24.6 Å². The number of benzene rings is 1. The quantitative estimate of drug-likeness (QED) is 0.631. The number of nitrogens with zero attached hydrogens (tertiary/aromatic N) is 6. The molecule has 1 aliphatic carbocycles. The molecule has 1 fully saturated rings. The van der Waals surface area contributed by atoms with Crippen molar-refractivity contribution in [3.8, 4) is 0 Å². The van der Waals surface area contributed by atoms with Crippen LogP contribution in [0.1, 0.15) is 37.3 Å². The van der Waals surface area contributed by atoms with Gasteiger partial charge in [-0.05, 0) is 28.8 Å². The summed E-state index contributed by atoms with van der Waals surface area (Å²) in [5, 5.41) is 19.8. The lowest BCUT2D eigenvalue weighted by Gasteiger charge is -2.14. The summed E-state index contributed by atoms with van der Waals surface area (Å²) in [6.45, 7) is 0.576. The SMILES string of the molecule is O=C(CSc1nnnn1Cc1ccccc1)Nc1ccnn1C1CCCC1.